The van der Waals surface area contributed by atoms with Gasteiger partial charge in [-0.15, -0.1) is 5.10 Å². The molecule has 18 heavy (non-hydrogen) atoms. The van der Waals surface area contributed by atoms with Crippen molar-refractivity contribution < 1.29 is 8.42 Å². The molecule has 0 fully saturated rings. The van der Waals surface area contributed by atoms with Gasteiger partial charge in [-0.1, -0.05) is 6.07 Å². The summed E-state index contributed by atoms with van der Waals surface area (Å²) in [4.78, 5) is 4.24. The van der Waals surface area contributed by atoms with E-state index in [4.69, 9.17) is 0 Å². The van der Waals surface area contributed by atoms with E-state index in [1.807, 2.05) is 18.2 Å². The number of hydrogen-bond acceptors (Lipinski definition) is 5. The van der Waals surface area contributed by atoms with Crippen LogP contribution in [0.3, 0.4) is 0 Å². The molecule has 7 heteroatoms. The summed E-state index contributed by atoms with van der Waals surface area (Å²) in [6.07, 6.45) is 3.01. The van der Waals surface area contributed by atoms with Crippen molar-refractivity contribution in [3.8, 4) is 0 Å². The van der Waals surface area contributed by atoms with Crippen LogP contribution in [0.25, 0.3) is 5.65 Å². The number of aromatic nitrogens is 3. The van der Waals surface area contributed by atoms with Crippen molar-refractivity contribution in [3.63, 3.8) is 0 Å². The maximum atomic E-state index is 11.6. The molecule has 0 aliphatic heterocycles. The number of nitrogens with one attached hydrogen (secondary N) is 1. The number of rotatable bonds is 4. The van der Waals surface area contributed by atoms with Crippen LogP contribution < -0.4 is 5.32 Å². The first kappa shape index (κ1) is 12.8. The van der Waals surface area contributed by atoms with Crippen LogP contribution in [0.2, 0.25) is 0 Å². The maximum absolute atomic E-state index is 11.6. The lowest BCUT2D eigenvalue weighted by molar-refractivity contribution is 0.559. The van der Waals surface area contributed by atoms with Crippen molar-refractivity contribution in [2.75, 3.05) is 18.1 Å². The summed E-state index contributed by atoms with van der Waals surface area (Å²) in [6.45, 7) is 3.61. The van der Waals surface area contributed by atoms with Crippen molar-refractivity contribution in [2.45, 2.75) is 18.6 Å². The standard InChI is InChI=1S/C11H16N4O2S/c1-11(2,18(3,16)17)8-12-10-13-9-6-4-5-7-15(9)14-10/h4-7H,8H2,1-3H3,(H,12,14). The van der Waals surface area contributed by atoms with Crippen LogP contribution >= 0.6 is 0 Å². The first-order chi connectivity index (χ1) is 8.29. The third kappa shape index (κ3) is 2.45. The topological polar surface area (TPSA) is 76.4 Å². The monoisotopic (exact) mass is 268 g/mol. The van der Waals surface area contributed by atoms with Crippen LogP contribution in [-0.2, 0) is 9.84 Å². The number of anilines is 1. The zero-order chi connectivity index (χ0) is 13.4. The summed E-state index contributed by atoms with van der Waals surface area (Å²) in [5, 5.41) is 7.16. The van der Waals surface area contributed by atoms with E-state index in [1.165, 1.54) is 6.26 Å². The Balaban J connectivity index is 2.16. The molecule has 0 atom stereocenters. The van der Waals surface area contributed by atoms with E-state index < -0.39 is 14.6 Å². The second-order valence-electron chi connectivity index (χ2n) is 4.82. The highest BCUT2D eigenvalue weighted by atomic mass is 32.2. The van der Waals surface area contributed by atoms with E-state index in [0.29, 0.717) is 5.95 Å². The van der Waals surface area contributed by atoms with Gasteiger partial charge in [0.05, 0.1) is 4.75 Å². The lowest BCUT2D eigenvalue weighted by Gasteiger charge is -2.22. The number of hydrogen-bond donors (Lipinski definition) is 1. The maximum Gasteiger partial charge on any atom is 0.243 e. The highest BCUT2D eigenvalue weighted by Crippen LogP contribution is 2.15. The molecule has 2 aromatic rings. The molecule has 0 saturated carbocycles. The van der Waals surface area contributed by atoms with Gasteiger partial charge in [0.2, 0.25) is 5.95 Å². The van der Waals surface area contributed by atoms with Gasteiger partial charge in [0.25, 0.3) is 0 Å². The third-order valence-corrected chi connectivity index (χ3v) is 5.07. The molecule has 0 saturated heterocycles. The Morgan fingerprint density at radius 3 is 2.72 bits per heavy atom. The fourth-order valence-corrected chi connectivity index (χ4v) is 1.66. The Morgan fingerprint density at radius 2 is 2.11 bits per heavy atom. The van der Waals surface area contributed by atoms with Gasteiger partial charge in [-0.3, -0.25) is 0 Å². The van der Waals surface area contributed by atoms with E-state index in [9.17, 15) is 8.42 Å². The normalized spacial score (nSPS) is 12.8. The van der Waals surface area contributed by atoms with E-state index in [-0.39, 0.29) is 6.54 Å². The molecule has 0 unspecified atom stereocenters. The van der Waals surface area contributed by atoms with Gasteiger partial charge in [-0.05, 0) is 26.0 Å². The Kier molecular flexibility index (Phi) is 3.02. The molecular formula is C11H16N4O2S. The van der Waals surface area contributed by atoms with Crippen LogP contribution in [0.5, 0.6) is 0 Å². The first-order valence-corrected chi connectivity index (χ1v) is 7.44. The highest BCUT2D eigenvalue weighted by Gasteiger charge is 2.30. The van der Waals surface area contributed by atoms with E-state index in [0.717, 1.165) is 5.65 Å². The van der Waals surface area contributed by atoms with Gasteiger partial charge in [-0.2, -0.15) is 4.98 Å². The Morgan fingerprint density at radius 1 is 1.39 bits per heavy atom. The predicted molar refractivity (Wildman–Crippen MR) is 70.4 cm³/mol. The number of fused-ring (bicyclic) bond motifs is 1. The highest BCUT2D eigenvalue weighted by molar-refractivity contribution is 7.92. The van der Waals surface area contributed by atoms with Crippen molar-refractivity contribution in [3.05, 3.63) is 24.4 Å². The summed E-state index contributed by atoms with van der Waals surface area (Å²) in [7, 11) is -3.13. The fraction of sp³-hybridized carbons (Fsp3) is 0.455. The van der Waals surface area contributed by atoms with Gasteiger partial charge in [0, 0.05) is 19.0 Å². The van der Waals surface area contributed by atoms with Crippen LogP contribution in [0.1, 0.15) is 13.8 Å². The van der Waals surface area contributed by atoms with Gasteiger partial charge < -0.3 is 5.32 Å². The summed E-state index contributed by atoms with van der Waals surface area (Å²) >= 11 is 0. The van der Waals surface area contributed by atoms with Gasteiger partial charge in [0.1, 0.15) is 0 Å². The van der Waals surface area contributed by atoms with E-state index >= 15 is 0 Å². The number of sulfone groups is 1. The molecular weight excluding hydrogens is 252 g/mol. The van der Waals surface area contributed by atoms with Crippen LogP contribution in [0.15, 0.2) is 24.4 Å². The average Bonchev–Trinajstić information content (AvgIpc) is 2.67. The molecule has 0 spiro atoms. The minimum Gasteiger partial charge on any atom is -0.351 e. The van der Waals surface area contributed by atoms with E-state index in [2.05, 4.69) is 15.4 Å². The number of pyridine rings is 1. The van der Waals surface area contributed by atoms with Gasteiger partial charge in [-0.25, -0.2) is 12.9 Å². The molecule has 0 aliphatic rings. The van der Waals surface area contributed by atoms with Crippen LogP contribution in [0.4, 0.5) is 5.95 Å². The molecule has 0 bridgehead atoms. The predicted octanol–water partition coefficient (Wildman–Crippen LogP) is 0.964. The van der Waals surface area contributed by atoms with Crippen LogP contribution in [-0.4, -0.2) is 40.6 Å². The number of nitrogens with zero attached hydrogens (tertiary/aromatic N) is 3. The second kappa shape index (κ2) is 4.24. The SMILES string of the molecule is CC(C)(CNc1nc2ccccn2n1)S(C)(=O)=O. The largest absolute Gasteiger partial charge is 0.351 e. The van der Waals surface area contributed by atoms with Gasteiger partial charge in [0.15, 0.2) is 15.5 Å². The lowest BCUT2D eigenvalue weighted by atomic mass is 10.2. The summed E-state index contributed by atoms with van der Waals surface area (Å²) in [6, 6.07) is 5.56. The average molecular weight is 268 g/mol. The Hall–Kier alpha value is -1.63. The Labute approximate surface area is 106 Å². The van der Waals surface area contributed by atoms with Gasteiger partial charge >= 0.3 is 0 Å². The zero-order valence-electron chi connectivity index (χ0n) is 10.6. The molecule has 0 aliphatic carbocycles. The molecule has 2 rings (SSSR count). The Bertz CT molecular complexity index is 627. The first-order valence-electron chi connectivity index (χ1n) is 5.54. The minimum atomic E-state index is -3.13. The van der Waals surface area contributed by atoms with Crippen molar-refractivity contribution in [1.82, 2.24) is 14.6 Å². The van der Waals surface area contributed by atoms with E-state index in [1.54, 1.807) is 24.6 Å². The molecule has 1 N–H and O–H groups in total. The summed E-state index contributed by atoms with van der Waals surface area (Å²) < 4.78 is 23.9. The summed E-state index contributed by atoms with van der Waals surface area (Å²) in [5.74, 6) is 0.429. The molecule has 2 aromatic heterocycles. The van der Waals surface area contributed by atoms with Crippen LogP contribution in [0, 0.1) is 0 Å². The third-order valence-electron chi connectivity index (χ3n) is 2.92. The molecule has 2 heterocycles. The quantitative estimate of drug-likeness (QED) is 0.894. The molecule has 0 radical (unpaired) electrons. The molecule has 0 aromatic carbocycles. The molecule has 98 valence electrons. The lowest BCUT2D eigenvalue weighted by Crippen LogP contribution is -2.38. The zero-order valence-corrected chi connectivity index (χ0v) is 11.4. The smallest absolute Gasteiger partial charge is 0.243 e. The minimum absolute atomic E-state index is 0.267. The fourth-order valence-electron chi connectivity index (χ4n) is 1.33. The molecule has 0 amide bonds. The van der Waals surface area contributed by atoms with Crippen molar-refractivity contribution in [1.29, 1.82) is 0 Å². The van der Waals surface area contributed by atoms with Crippen molar-refractivity contribution in [2.24, 2.45) is 0 Å². The summed E-state index contributed by atoms with van der Waals surface area (Å²) in [5.41, 5.74) is 0.720. The van der Waals surface area contributed by atoms with Crippen molar-refractivity contribution >= 4 is 21.4 Å². The second-order valence-corrected chi connectivity index (χ2v) is 7.47. The molecule has 6 nitrogen and oxygen atoms in total.